The zero-order valence-electron chi connectivity index (χ0n) is 12.8. The van der Waals surface area contributed by atoms with E-state index in [4.69, 9.17) is 5.11 Å². The Labute approximate surface area is 134 Å². The predicted molar refractivity (Wildman–Crippen MR) is 88.4 cm³/mol. The number of carbonyl (C=O) groups excluding carboxylic acids is 1. The van der Waals surface area contributed by atoms with Gasteiger partial charge in [0.15, 0.2) is 5.78 Å². The summed E-state index contributed by atoms with van der Waals surface area (Å²) in [5.74, 6) is 0.0528. The summed E-state index contributed by atoms with van der Waals surface area (Å²) in [6.07, 6.45) is 2.75. The summed E-state index contributed by atoms with van der Waals surface area (Å²) in [7, 11) is 0. The quantitative estimate of drug-likeness (QED) is 0.346. The number of ketones is 1. The van der Waals surface area contributed by atoms with Gasteiger partial charge in [0.1, 0.15) is 0 Å². The van der Waals surface area contributed by atoms with Crippen molar-refractivity contribution in [2.24, 2.45) is 0 Å². The molecule has 0 bridgehead atoms. The molecule has 0 fully saturated rings. The molecule has 0 amide bonds. The van der Waals surface area contributed by atoms with Crippen molar-refractivity contribution in [1.82, 2.24) is 0 Å². The fourth-order valence-corrected chi connectivity index (χ4v) is 2.43. The molecule has 2 aromatic rings. The summed E-state index contributed by atoms with van der Waals surface area (Å²) < 4.78 is 0. The molecule has 120 valence electrons. The van der Waals surface area contributed by atoms with Crippen molar-refractivity contribution in [2.45, 2.75) is 25.7 Å². The minimum Gasteiger partial charge on any atom is -0.396 e. The van der Waals surface area contributed by atoms with Crippen LogP contribution in [0.2, 0.25) is 0 Å². The van der Waals surface area contributed by atoms with Crippen LogP contribution in [0.1, 0.15) is 36.0 Å². The summed E-state index contributed by atoms with van der Waals surface area (Å²) in [6, 6.07) is 13.4. The number of para-hydroxylation sites is 1. The van der Waals surface area contributed by atoms with Crippen LogP contribution in [0.15, 0.2) is 48.5 Å². The Kier molecular flexibility index (Phi) is 6.00. The maximum absolute atomic E-state index is 12.1. The van der Waals surface area contributed by atoms with Crippen LogP contribution in [0.25, 0.3) is 11.1 Å². The molecule has 0 aliphatic carbocycles. The Bertz CT molecular complexity index is 680. The van der Waals surface area contributed by atoms with Gasteiger partial charge in [0, 0.05) is 24.7 Å². The summed E-state index contributed by atoms with van der Waals surface area (Å²) in [6.45, 7) is 0.152. The zero-order valence-corrected chi connectivity index (χ0v) is 12.8. The first-order chi connectivity index (χ1) is 11.1. The molecule has 2 aromatic carbocycles. The number of nitro groups is 1. The average Bonchev–Trinajstić information content (AvgIpc) is 2.58. The van der Waals surface area contributed by atoms with Crippen LogP contribution in [0, 0.1) is 10.1 Å². The van der Waals surface area contributed by atoms with Crippen molar-refractivity contribution in [3.8, 4) is 11.1 Å². The van der Waals surface area contributed by atoms with Gasteiger partial charge in [0.25, 0.3) is 5.69 Å². The Morgan fingerprint density at radius 3 is 2.35 bits per heavy atom. The Hall–Kier alpha value is -2.53. The molecule has 2 rings (SSSR count). The number of aliphatic hydroxyl groups is 1. The molecule has 0 aliphatic heterocycles. The van der Waals surface area contributed by atoms with E-state index >= 15 is 0 Å². The molecule has 0 radical (unpaired) electrons. The van der Waals surface area contributed by atoms with Gasteiger partial charge in [-0.05, 0) is 24.5 Å². The van der Waals surface area contributed by atoms with Crippen molar-refractivity contribution < 1.29 is 14.8 Å². The summed E-state index contributed by atoms with van der Waals surface area (Å²) >= 11 is 0. The second-order valence-electron chi connectivity index (χ2n) is 5.31. The molecule has 23 heavy (non-hydrogen) atoms. The van der Waals surface area contributed by atoms with Gasteiger partial charge in [-0.3, -0.25) is 14.9 Å². The fourth-order valence-electron chi connectivity index (χ4n) is 2.43. The highest BCUT2D eigenvalue weighted by Gasteiger charge is 2.14. The number of hydrogen-bond acceptors (Lipinski definition) is 4. The minimum absolute atomic E-state index is 0.0515. The molecule has 0 aromatic heterocycles. The van der Waals surface area contributed by atoms with Crippen molar-refractivity contribution >= 4 is 11.5 Å². The fraction of sp³-hybridized carbons (Fsp3) is 0.278. The van der Waals surface area contributed by atoms with Gasteiger partial charge < -0.3 is 5.11 Å². The van der Waals surface area contributed by atoms with Gasteiger partial charge >= 0.3 is 0 Å². The van der Waals surface area contributed by atoms with E-state index in [9.17, 15) is 14.9 Å². The lowest BCUT2D eigenvalue weighted by Crippen LogP contribution is -1.99. The van der Waals surface area contributed by atoms with E-state index in [0.717, 1.165) is 12.8 Å². The van der Waals surface area contributed by atoms with Crippen molar-refractivity contribution in [3.63, 3.8) is 0 Å². The molecule has 5 nitrogen and oxygen atoms in total. The smallest absolute Gasteiger partial charge is 0.277 e. The van der Waals surface area contributed by atoms with Crippen LogP contribution in [-0.2, 0) is 0 Å². The van der Waals surface area contributed by atoms with E-state index in [1.54, 1.807) is 42.5 Å². The summed E-state index contributed by atoms with van der Waals surface area (Å²) in [4.78, 5) is 22.7. The topological polar surface area (TPSA) is 80.4 Å². The van der Waals surface area contributed by atoms with E-state index in [1.807, 2.05) is 0 Å². The molecule has 1 N–H and O–H groups in total. The molecule has 0 unspecified atom stereocenters. The Balaban J connectivity index is 2.11. The first kappa shape index (κ1) is 16.8. The second kappa shape index (κ2) is 8.19. The van der Waals surface area contributed by atoms with Gasteiger partial charge in [0.05, 0.1) is 10.5 Å². The minimum atomic E-state index is -0.407. The molecule has 0 saturated heterocycles. The number of rotatable bonds is 8. The largest absolute Gasteiger partial charge is 0.396 e. The van der Waals surface area contributed by atoms with Crippen LogP contribution < -0.4 is 0 Å². The number of aliphatic hydroxyl groups excluding tert-OH is 1. The van der Waals surface area contributed by atoms with Crippen molar-refractivity contribution in [1.29, 1.82) is 0 Å². The third kappa shape index (κ3) is 4.47. The molecule has 0 saturated carbocycles. The van der Waals surface area contributed by atoms with Crippen LogP contribution >= 0.6 is 0 Å². The normalized spacial score (nSPS) is 10.5. The SMILES string of the molecule is O=C(CCCCCO)c1ccc(-c2ccccc2[N+](=O)[O-])cc1. The van der Waals surface area contributed by atoms with Gasteiger partial charge in [-0.15, -0.1) is 0 Å². The number of Topliss-reactive ketones (excluding diaryl/α,β-unsaturated/α-hetero) is 1. The maximum atomic E-state index is 12.1. The van der Waals surface area contributed by atoms with Crippen LogP contribution in [-0.4, -0.2) is 22.4 Å². The number of nitrogens with zero attached hydrogens (tertiary/aromatic N) is 1. The van der Waals surface area contributed by atoms with Gasteiger partial charge in [-0.1, -0.05) is 42.8 Å². The zero-order chi connectivity index (χ0) is 16.7. The molecule has 5 heteroatoms. The lowest BCUT2D eigenvalue weighted by molar-refractivity contribution is -0.384. The first-order valence-corrected chi connectivity index (χ1v) is 7.61. The lowest BCUT2D eigenvalue weighted by atomic mass is 9.99. The summed E-state index contributed by atoms with van der Waals surface area (Å²) in [5, 5.41) is 19.8. The van der Waals surface area contributed by atoms with E-state index in [0.29, 0.717) is 29.5 Å². The Morgan fingerprint density at radius 1 is 1.00 bits per heavy atom. The molecular weight excluding hydrogens is 294 g/mol. The number of hydrogen-bond donors (Lipinski definition) is 1. The third-order valence-corrected chi connectivity index (χ3v) is 3.68. The molecule has 0 atom stereocenters. The number of nitro benzene ring substituents is 1. The Morgan fingerprint density at radius 2 is 1.70 bits per heavy atom. The van der Waals surface area contributed by atoms with Crippen LogP contribution in [0.4, 0.5) is 5.69 Å². The third-order valence-electron chi connectivity index (χ3n) is 3.68. The molecule has 0 heterocycles. The maximum Gasteiger partial charge on any atom is 0.277 e. The van der Waals surface area contributed by atoms with E-state index in [1.165, 1.54) is 6.07 Å². The highest BCUT2D eigenvalue weighted by molar-refractivity contribution is 5.96. The van der Waals surface area contributed by atoms with Crippen molar-refractivity contribution in [2.75, 3.05) is 6.61 Å². The van der Waals surface area contributed by atoms with Crippen LogP contribution in [0.5, 0.6) is 0 Å². The van der Waals surface area contributed by atoms with Gasteiger partial charge in [0.2, 0.25) is 0 Å². The number of unbranched alkanes of at least 4 members (excludes halogenated alkanes) is 2. The predicted octanol–water partition coefficient (Wildman–Crippen LogP) is 4.00. The van der Waals surface area contributed by atoms with Gasteiger partial charge in [-0.2, -0.15) is 0 Å². The summed E-state index contributed by atoms with van der Waals surface area (Å²) in [5.41, 5.74) is 1.92. The lowest BCUT2D eigenvalue weighted by Gasteiger charge is -2.05. The van der Waals surface area contributed by atoms with Crippen LogP contribution in [0.3, 0.4) is 0 Å². The van der Waals surface area contributed by atoms with Crippen molar-refractivity contribution in [3.05, 3.63) is 64.2 Å². The number of carbonyl (C=O) groups is 1. The number of benzene rings is 2. The highest BCUT2D eigenvalue weighted by Crippen LogP contribution is 2.29. The molecule has 0 spiro atoms. The van der Waals surface area contributed by atoms with E-state index in [-0.39, 0.29) is 18.1 Å². The highest BCUT2D eigenvalue weighted by atomic mass is 16.6. The molecular formula is C18H19NO4. The van der Waals surface area contributed by atoms with Gasteiger partial charge in [-0.25, -0.2) is 0 Å². The standard InChI is InChI=1S/C18H19NO4/c20-13-5-1-2-8-18(21)15-11-9-14(10-12-15)16-6-3-4-7-17(16)19(22)23/h3-4,6-7,9-12,20H,1-2,5,8,13H2. The van der Waals surface area contributed by atoms with E-state index < -0.39 is 4.92 Å². The average molecular weight is 313 g/mol. The monoisotopic (exact) mass is 313 g/mol. The first-order valence-electron chi connectivity index (χ1n) is 7.61. The molecule has 0 aliphatic rings. The van der Waals surface area contributed by atoms with E-state index in [2.05, 4.69) is 0 Å². The second-order valence-corrected chi connectivity index (χ2v) is 5.31.